The standard InChI is InChI=1S/C13H10BClF2O3/c15-9-2-4-13(11(5-9)14(18)19)20-7-8-1-3-10(16)6-12(8)17/h1-6,18-19H,7H2. The highest BCUT2D eigenvalue weighted by Crippen LogP contribution is 2.17. The lowest BCUT2D eigenvalue weighted by Gasteiger charge is -2.12. The summed E-state index contributed by atoms with van der Waals surface area (Å²) in [5.41, 5.74) is 0.222. The fourth-order valence-corrected chi connectivity index (χ4v) is 1.83. The lowest BCUT2D eigenvalue weighted by Crippen LogP contribution is -2.31. The minimum Gasteiger partial charge on any atom is -0.489 e. The van der Waals surface area contributed by atoms with Gasteiger partial charge in [-0.2, -0.15) is 0 Å². The molecule has 2 aromatic rings. The van der Waals surface area contributed by atoms with Crippen LogP contribution in [0.5, 0.6) is 5.75 Å². The van der Waals surface area contributed by atoms with Crippen LogP contribution < -0.4 is 10.2 Å². The van der Waals surface area contributed by atoms with Crippen LogP contribution in [0.3, 0.4) is 0 Å². The molecule has 2 N–H and O–H groups in total. The molecule has 0 saturated heterocycles. The Morgan fingerprint density at radius 1 is 1.10 bits per heavy atom. The maximum absolute atomic E-state index is 13.4. The quantitative estimate of drug-likeness (QED) is 0.847. The van der Waals surface area contributed by atoms with Crippen molar-refractivity contribution in [1.29, 1.82) is 0 Å². The molecule has 0 bridgehead atoms. The fraction of sp³-hybridized carbons (Fsp3) is 0.0769. The van der Waals surface area contributed by atoms with Gasteiger partial charge in [0.15, 0.2) is 0 Å². The Morgan fingerprint density at radius 2 is 1.85 bits per heavy atom. The molecule has 0 aliphatic rings. The molecule has 0 spiro atoms. The van der Waals surface area contributed by atoms with Gasteiger partial charge in [-0.15, -0.1) is 0 Å². The molecule has 0 heterocycles. The summed E-state index contributed by atoms with van der Waals surface area (Å²) in [7, 11) is -1.76. The zero-order chi connectivity index (χ0) is 14.7. The van der Waals surface area contributed by atoms with E-state index in [1.807, 2.05) is 0 Å². The summed E-state index contributed by atoms with van der Waals surface area (Å²) < 4.78 is 31.5. The summed E-state index contributed by atoms with van der Waals surface area (Å²) in [6.07, 6.45) is 0. The van der Waals surface area contributed by atoms with Gasteiger partial charge in [0.05, 0.1) is 0 Å². The highest BCUT2D eigenvalue weighted by Gasteiger charge is 2.18. The van der Waals surface area contributed by atoms with E-state index in [2.05, 4.69) is 0 Å². The summed E-state index contributed by atoms with van der Waals surface area (Å²) in [5.74, 6) is -1.25. The molecule has 0 unspecified atom stereocenters. The maximum Gasteiger partial charge on any atom is 0.492 e. The second kappa shape index (κ2) is 6.22. The highest BCUT2D eigenvalue weighted by molar-refractivity contribution is 6.60. The monoisotopic (exact) mass is 298 g/mol. The molecule has 104 valence electrons. The van der Waals surface area contributed by atoms with Crippen LogP contribution >= 0.6 is 11.6 Å². The van der Waals surface area contributed by atoms with E-state index in [-0.39, 0.29) is 23.4 Å². The van der Waals surface area contributed by atoms with Crippen molar-refractivity contribution in [2.45, 2.75) is 6.61 Å². The Balaban J connectivity index is 2.18. The van der Waals surface area contributed by atoms with Gasteiger partial charge >= 0.3 is 7.12 Å². The summed E-state index contributed by atoms with van der Waals surface area (Å²) in [6, 6.07) is 7.41. The molecule has 0 amide bonds. The van der Waals surface area contributed by atoms with Crippen molar-refractivity contribution in [3.8, 4) is 5.75 Å². The summed E-state index contributed by atoms with van der Waals surface area (Å²) in [4.78, 5) is 0. The van der Waals surface area contributed by atoms with Crippen molar-refractivity contribution in [2.75, 3.05) is 0 Å². The van der Waals surface area contributed by atoms with Crippen molar-refractivity contribution in [2.24, 2.45) is 0 Å². The normalized spacial score (nSPS) is 10.4. The average molecular weight is 298 g/mol. The number of ether oxygens (including phenoxy) is 1. The van der Waals surface area contributed by atoms with Crippen molar-refractivity contribution < 1.29 is 23.6 Å². The summed E-state index contributed by atoms with van der Waals surface area (Å²) in [5, 5.41) is 18.7. The van der Waals surface area contributed by atoms with Crippen LogP contribution in [0.1, 0.15) is 5.56 Å². The van der Waals surface area contributed by atoms with Crippen LogP contribution in [0.4, 0.5) is 8.78 Å². The number of hydrogen-bond donors (Lipinski definition) is 2. The van der Waals surface area contributed by atoms with Crippen LogP contribution in [-0.4, -0.2) is 17.2 Å². The number of rotatable bonds is 4. The van der Waals surface area contributed by atoms with E-state index in [1.165, 1.54) is 24.3 Å². The minimum atomic E-state index is -1.76. The smallest absolute Gasteiger partial charge is 0.489 e. The van der Waals surface area contributed by atoms with Crippen molar-refractivity contribution in [3.05, 3.63) is 58.6 Å². The van der Waals surface area contributed by atoms with Crippen molar-refractivity contribution in [3.63, 3.8) is 0 Å². The first-order valence-corrected chi connectivity index (χ1v) is 6.07. The molecule has 7 heteroatoms. The van der Waals surface area contributed by atoms with Gasteiger partial charge in [-0.1, -0.05) is 11.6 Å². The molecule has 0 aromatic heterocycles. The van der Waals surface area contributed by atoms with E-state index in [0.717, 1.165) is 12.1 Å². The van der Waals surface area contributed by atoms with Crippen LogP contribution in [0.15, 0.2) is 36.4 Å². The first-order valence-electron chi connectivity index (χ1n) is 5.69. The molecule has 0 aliphatic carbocycles. The third-order valence-electron chi connectivity index (χ3n) is 2.65. The topological polar surface area (TPSA) is 49.7 Å². The minimum absolute atomic E-state index is 0.0695. The first kappa shape index (κ1) is 14.8. The van der Waals surface area contributed by atoms with Crippen LogP contribution in [0, 0.1) is 11.6 Å². The third-order valence-corrected chi connectivity index (χ3v) is 2.88. The van der Waals surface area contributed by atoms with Gasteiger partial charge in [0.2, 0.25) is 0 Å². The lowest BCUT2D eigenvalue weighted by molar-refractivity contribution is 0.300. The van der Waals surface area contributed by atoms with Crippen molar-refractivity contribution in [1.82, 2.24) is 0 Å². The fourth-order valence-electron chi connectivity index (χ4n) is 1.65. The lowest BCUT2D eigenvalue weighted by atomic mass is 9.79. The Morgan fingerprint density at radius 3 is 2.50 bits per heavy atom. The summed E-state index contributed by atoms with van der Waals surface area (Å²) in [6.45, 7) is -0.173. The van der Waals surface area contributed by atoms with Gasteiger partial charge in [0.1, 0.15) is 24.0 Å². The van der Waals surface area contributed by atoms with E-state index in [4.69, 9.17) is 16.3 Å². The molecule has 0 atom stereocenters. The maximum atomic E-state index is 13.4. The first-order chi connectivity index (χ1) is 9.47. The molecular formula is C13H10BClF2O3. The molecule has 2 aromatic carbocycles. The van der Waals surface area contributed by atoms with Crippen LogP contribution in [0.2, 0.25) is 5.02 Å². The number of benzene rings is 2. The molecule has 0 aliphatic heterocycles. The molecule has 20 heavy (non-hydrogen) atoms. The molecule has 0 fully saturated rings. The van der Waals surface area contributed by atoms with E-state index in [9.17, 15) is 18.8 Å². The Bertz CT molecular complexity index is 623. The second-order valence-electron chi connectivity index (χ2n) is 4.08. The predicted octanol–water partition coefficient (Wildman–Crippen LogP) is 1.88. The van der Waals surface area contributed by atoms with Gasteiger partial charge in [-0.3, -0.25) is 0 Å². The van der Waals surface area contributed by atoms with E-state index in [1.54, 1.807) is 0 Å². The second-order valence-corrected chi connectivity index (χ2v) is 4.52. The molecular weight excluding hydrogens is 288 g/mol. The van der Waals surface area contributed by atoms with Crippen LogP contribution in [-0.2, 0) is 6.61 Å². The molecule has 0 radical (unpaired) electrons. The Labute approximate surface area is 119 Å². The largest absolute Gasteiger partial charge is 0.492 e. The Hall–Kier alpha value is -1.63. The molecule has 2 rings (SSSR count). The van der Waals surface area contributed by atoms with Gasteiger partial charge < -0.3 is 14.8 Å². The van der Waals surface area contributed by atoms with Gasteiger partial charge in [0.25, 0.3) is 0 Å². The average Bonchev–Trinajstić information content (AvgIpc) is 2.38. The number of hydrogen-bond acceptors (Lipinski definition) is 3. The van der Waals surface area contributed by atoms with E-state index in [0.29, 0.717) is 5.02 Å². The Kier molecular flexibility index (Phi) is 4.59. The highest BCUT2D eigenvalue weighted by atomic mass is 35.5. The SMILES string of the molecule is OB(O)c1cc(Cl)ccc1OCc1ccc(F)cc1F. The van der Waals surface area contributed by atoms with E-state index < -0.39 is 18.8 Å². The van der Waals surface area contributed by atoms with Gasteiger partial charge in [0, 0.05) is 22.1 Å². The number of halogens is 3. The van der Waals surface area contributed by atoms with E-state index >= 15 is 0 Å². The third kappa shape index (κ3) is 3.48. The molecule has 3 nitrogen and oxygen atoms in total. The predicted molar refractivity (Wildman–Crippen MR) is 72.0 cm³/mol. The van der Waals surface area contributed by atoms with Gasteiger partial charge in [-0.25, -0.2) is 8.78 Å². The van der Waals surface area contributed by atoms with Gasteiger partial charge in [-0.05, 0) is 30.3 Å². The molecule has 0 saturated carbocycles. The zero-order valence-electron chi connectivity index (χ0n) is 10.2. The van der Waals surface area contributed by atoms with Crippen molar-refractivity contribution >= 4 is 24.2 Å². The zero-order valence-corrected chi connectivity index (χ0v) is 10.9. The summed E-state index contributed by atoms with van der Waals surface area (Å²) >= 11 is 5.74. The van der Waals surface area contributed by atoms with Crippen LogP contribution in [0.25, 0.3) is 0 Å².